The lowest BCUT2D eigenvalue weighted by atomic mass is 10.0. The van der Waals surface area contributed by atoms with Gasteiger partial charge in [0, 0.05) is 68.8 Å². The predicted octanol–water partition coefficient (Wildman–Crippen LogP) is 2.72. The van der Waals surface area contributed by atoms with E-state index in [0.29, 0.717) is 18.8 Å². The van der Waals surface area contributed by atoms with Crippen LogP contribution in [0.15, 0.2) is 24.4 Å². The van der Waals surface area contributed by atoms with Gasteiger partial charge >= 0.3 is 0 Å². The molecule has 1 atom stereocenters. The summed E-state index contributed by atoms with van der Waals surface area (Å²) in [6.45, 7) is 5.26. The van der Waals surface area contributed by atoms with E-state index < -0.39 is 0 Å². The fourth-order valence-electron chi connectivity index (χ4n) is 5.50. The number of aromatic nitrogens is 4. The first-order valence-electron chi connectivity index (χ1n) is 11.8. The van der Waals surface area contributed by atoms with Crippen LogP contribution in [-0.4, -0.2) is 56.7 Å². The van der Waals surface area contributed by atoms with Crippen LogP contribution in [0.2, 0.25) is 0 Å². The van der Waals surface area contributed by atoms with E-state index in [2.05, 4.69) is 38.9 Å². The van der Waals surface area contributed by atoms with Gasteiger partial charge in [0.05, 0.1) is 19.2 Å². The molecule has 6 rings (SSSR count). The monoisotopic (exact) mass is 457 g/mol. The number of carbonyl (C=O) groups excluding carboxylic acids is 1. The van der Waals surface area contributed by atoms with Gasteiger partial charge in [-0.2, -0.15) is 15.5 Å². The highest BCUT2D eigenvalue weighted by atomic mass is 16.5. The van der Waals surface area contributed by atoms with Crippen LogP contribution < -0.4 is 4.90 Å². The maximum absolute atomic E-state index is 12.2. The van der Waals surface area contributed by atoms with Gasteiger partial charge in [-0.05, 0) is 36.1 Å². The zero-order valence-electron chi connectivity index (χ0n) is 19.5. The molecule has 1 aromatic carbocycles. The van der Waals surface area contributed by atoms with Crippen LogP contribution in [-0.2, 0) is 36.0 Å². The number of carbonyl (C=O) groups is 1. The number of amides is 1. The normalized spacial score (nSPS) is 19.3. The molecule has 3 aliphatic rings. The summed E-state index contributed by atoms with van der Waals surface area (Å²) in [5.74, 6) is 1.06. The van der Waals surface area contributed by atoms with Crippen LogP contribution in [0.5, 0.6) is 0 Å². The Morgan fingerprint density at radius 1 is 1.24 bits per heavy atom. The fraction of sp³-hybridized carbons (Fsp3) is 0.440. The third-order valence-electron chi connectivity index (χ3n) is 7.24. The molecule has 9 heteroatoms. The molecule has 3 aliphatic heterocycles. The highest BCUT2D eigenvalue weighted by Gasteiger charge is 2.34. The van der Waals surface area contributed by atoms with Crippen molar-refractivity contribution in [1.29, 1.82) is 5.26 Å². The lowest BCUT2D eigenvalue weighted by molar-refractivity contribution is -0.129. The quantitative estimate of drug-likeness (QED) is 0.601. The summed E-state index contributed by atoms with van der Waals surface area (Å²) in [4.78, 5) is 16.4. The number of hydrogen-bond acceptors (Lipinski definition) is 6. The molecule has 0 unspecified atom stereocenters. The lowest BCUT2D eigenvalue weighted by Crippen LogP contribution is -2.35. The smallest absolute Gasteiger partial charge is 0.219 e. The molecule has 1 saturated heterocycles. The number of benzene rings is 1. The highest BCUT2D eigenvalue weighted by molar-refractivity contribution is 5.78. The van der Waals surface area contributed by atoms with Gasteiger partial charge in [0.15, 0.2) is 11.5 Å². The van der Waals surface area contributed by atoms with Crippen molar-refractivity contribution >= 4 is 17.4 Å². The molecule has 1 fully saturated rings. The summed E-state index contributed by atoms with van der Waals surface area (Å²) in [6.07, 6.45) is 4.58. The third kappa shape index (κ3) is 3.29. The van der Waals surface area contributed by atoms with Gasteiger partial charge in [-0.25, -0.2) is 0 Å². The molecular formula is C25H27N7O2. The Labute approximate surface area is 198 Å². The Kier molecular flexibility index (Phi) is 4.92. The number of hydrogen-bond donors (Lipinski definition) is 0. The molecule has 2 aromatic heterocycles. The predicted molar refractivity (Wildman–Crippen MR) is 126 cm³/mol. The van der Waals surface area contributed by atoms with E-state index in [1.165, 1.54) is 11.3 Å². The second-order valence-electron chi connectivity index (χ2n) is 9.32. The topological polar surface area (TPSA) is 92.2 Å². The Balaban J connectivity index is 1.40. The van der Waals surface area contributed by atoms with E-state index >= 15 is 0 Å². The standard InChI is InChI=1S/C25H27N7O2/c1-16(33)30-8-6-24-21(14-30)25(28-32(24)19-7-10-34-15-19)31-9-5-18-11-17(3-4-23(18)31)20-13-29(2)27-22(20)12-26/h3-4,11,13,19H,5-10,14-15H2,1-2H3/t19-/m0/s1. The Morgan fingerprint density at radius 2 is 2.12 bits per heavy atom. The molecule has 0 saturated carbocycles. The van der Waals surface area contributed by atoms with Crippen molar-refractivity contribution < 1.29 is 9.53 Å². The van der Waals surface area contributed by atoms with E-state index in [1.807, 2.05) is 18.1 Å². The summed E-state index contributed by atoms with van der Waals surface area (Å²) < 4.78 is 9.52. The van der Waals surface area contributed by atoms with Crippen LogP contribution in [0.4, 0.5) is 11.5 Å². The molecule has 5 heterocycles. The maximum Gasteiger partial charge on any atom is 0.219 e. The summed E-state index contributed by atoms with van der Waals surface area (Å²) in [5, 5.41) is 18.9. The van der Waals surface area contributed by atoms with Crippen LogP contribution >= 0.6 is 0 Å². The van der Waals surface area contributed by atoms with Gasteiger partial charge in [-0.1, -0.05) is 6.07 Å². The molecule has 0 radical (unpaired) electrons. The van der Waals surface area contributed by atoms with E-state index in [1.54, 1.807) is 11.6 Å². The third-order valence-corrected chi connectivity index (χ3v) is 7.24. The number of ether oxygens (including phenoxy) is 1. The highest BCUT2D eigenvalue weighted by Crippen LogP contribution is 2.41. The summed E-state index contributed by atoms with van der Waals surface area (Å²) in [5.41, 5.74) is 7.06. The molecule has 0 bridgehead atoms. The summed E-state index contributed by atoms with van der Waals surface area (Å²) >= 11 is 0. The second kappa shape index (κ2) is 7.99. The molecule has 0 N–H and O–H groups in total. The molecule has 174 valence electrons. The van der Waals surface area contributed by atoms with Crippen molar-refractivity contribution in [2.75, 3.05) is 31.2 Å². The van der Waals surface area contributed by atoms with Crippen LogP contribution in [0.3, 0.4) is 0 Å². The molecular weight excluding hydrogens is 430 g/mol. The van der Waals surface area contributed by atoms with Gasteiger partial charge < -0.3 is 14.5 Å². The second-order valence-corrected chi connectivity index (χ2v) is 9.32. The van der Waals surface area contributed by atoms with E-state index in [-0.39, 0.29) is 11.9 Å². The average molecular weight is 458 g/mol. The zero-order chi connectivity index (χ0) is 23.4. The first kappa shape index (κ1) is 20.9. The van der Waals surface area contributed by atoms with Gasteiger partial charge in [-0.15, -0.1) is 0 Å². The average Bonchev–Trinajstić information content (AvgIpc) is 3.62. The molecule has 1 amide bonds. The minimum atomic E-state index is 0.102. The van der Waals surface area contributed by atoms with Gasteiger partial charge in [-0.3, -0.25) is 14.2 Å². The molecule has 3 aromatic rings. The minimum Gasteiger partial charge on any atom is -0.379 e. The number of rotatable bonds is 3. The van der Waals surface area contributed by atoms with E-state index in [0.717, 1.165) is 67.2 Å². The summed E-state index contributed by atoms with van der Waals surface area (Å²) in [6, 6.07) is 8.81. The van der Waals surface area contributed by atoms with Crippen molar-refractivity contribution in [3.63, 3.8) is 0 Å². The first-order valence-corrected chi connectivity index (χ1v) is 11.8. The van der Waals surface area contributed by atoms with Gasteiger partial charge in [0.1, 0.15) is 6.07 Å². The number of fused-ring (bicyclic) bond motifs is 2. The fourth-order valence-corrected chi connectivity index (χ4v) is 5.50. The van der Waals surface area contributed by atoms with Gasteiger partial charge in [0.25, 0.3) is 0 Å². The first-order chi connectivity index (χ1) is 16.5. The number of anilines is 2. The Hall–Kier alpha value is -3.64. The molecule has 34 heavy (non-hydrogen) atoms. The van der Waals surface area contributed by atoms with Crippen molar-refractivity contribution in [2.45, 2.75) is 38.8 Å². The molecule has 0 spiro atoms. The number of nitriles is 1. The lowest BCUT2D eigenvalue weighted by Gasteiger charge is -2.28. The van der Waals surface area contributed by atoms with Crippen molar-refractivity contribution in [3.05, 3.63) is 46.9 Å². The zero-order valence-corrected chi connectivity index (χ0v) is 19.5. The maximum atomic E-state index is 12.2. The van der Waals surface area contributed by atoms with Crippen LogP contribution in [0.25, 0.3) is 11.1 Å². The molecule has 9 nitrogen and oxygen atoms in total. The Morgan fingerprint density at radius 3 is 2.88 bits per heavy atom. The van der Waals surface area contributed by atoms with E-state index in [4.69, 9.17) is 9.84 Å². The summed E-state index contributed by atoms with van der Waals surface area (Å²) in [7, 11) is 1.83. The largest absolute Gasteiger partial charge is 0.379 e. The van der Waals surface area contributed by atoms with Crippen molar-refractivity contribution in [2.24, 2.45) is 7.05 Å². The van der Waals surface area contributed by atoms with Crippen LogP contribution in [0, 0.1) is 11.3 Å². The van der Waals surface area contributed by atoms with E-state index in [9.17, 15) is 10.1 Å². The number of nitrogens with zero attached hydrogens (tertiary/aromatic N) is 7. The van der Waals surface area contributed by atoms with Crippen molar-refractivity contribution in [3.8, 4) is 17.2 Å². The van der Waals surface area contributed by atoms with Crippen LogP contribution in [0.1, 0.15) is 41.9 Å². The molecule has 0 aliphatic carbocycles. The number of aryl methyl sites for hydroxylation is 1. The minimum absolute atomic E-state index is 0.102. The Bertz CT molecular complexity index is 1330. The SMILES string of the molecule is CC(=O)N1CCc2c(c(N3CCc4cc(-c5cn(C)nc5C#N)ccc43)nn2[C@H]2CCOC2)C1. The van der Waals surface area contributed by atoms with Crippen molar-refractivity contribution in [1.82, 2.24) is 24.5 Å². The van der Waals surface area contributed by atoms with Gasteiger partial charge in [0.2, 0.25) is 5.91 Å².